The summed E-state index contributed by atoms with van der Waals surface area (Å²) in [6.45, 7) is 0. The van der Waals surface area contributed by atoms with Gasteiger partial charge in [0.05, 0.1) is 18.4 Å². The van der Waals surface area contributed by atoms with Crippen molar-refractivity contribution in [3.8, 4) is 62.5 Å². The molecule has 8 heteroatoms. The minimum Gasteiger partial charge on any atom is -0.504 e. The topological polar surface area (TPSA) is 132 Å². The Labute approximate surface area is 153 Å². The Morgan fingerprint density at radius 2 is 1.44 bits per heavy atom. The molecule has 0 saturated carbocycles. The van der Waals surface area contributed by atoms with Crippen LogP contribution in [0.1, 0.15) is 0 Å². The molecular weight excluding hydrogens is 354 g/mol. The summed E-state index contributed by atoms with van der Waals surface area (Å²) >= 11 is 0. The molecule has 0 spiro atoms. The molecule has 4 rings (SSSR count). The van der Waals surface area contributed by atoms with Crippen LogP contribution in [0, 0.1) is 0 Å². The molecule has 6 N–H and O–H groups in total. The number of hydrogen-bond acceptors (Lipinski definition) is 8. The number of fused-ring (bicyclic) bond motifs is 3. The zero-order valence-electron chi connectivity index (χ0n) is 14.0. The standard InChI is InChI=1S/C19H15NO7/c1-26-8-5-6-12-10(7-8)13-9(3-2-4-11(13)20-27-12)14-15(21)17(23)19(25)18(24)16(14)22/h2-7,20-25H,1H3. The van der Waals surface area contributed by atoms with E-state index in [-0.39, 0.29) is 5.56 Å². The zero-order chi connectivity index (χ0) is 19.3. The van der Waals surface area contributed by atoms with Crippen LogP contribution in [-0.4, -0.2) is 32.6 Å². The first-order chi connectivity index (χ1) is 12.9. The first-order valence-electron chi connectivity index (χ1n) is 7.87. The Morgan fingerprint density at radius 3 is 2.11 bits per heavy atom. The molecule has 8 nitrogen and oxygen atoms in total. The quantitative estimate of drug-likeness (QED) is 0.300. The molecule has 0 aromatic heterocycles. The van der Waals surface area contributed by atoms with E-state index >= 15 is 0 Å². The number of ether oxygens (including phenoxy) is 1. The van der Waals surface area contributed by atoms with E-state index in [1.807, 2.05) is 0 Å². The molecule has 1 heterocycles. The number of hydrogen-bond donors (Lipinski definition) is 6. The number of phenolic OH excluding ortho intramolecular Hbond substituents is 5. The van der Waals surface area contributed by atoms with Crippen molar-refractivity contribution in [2.24, 2.45) is 0 Å². The average Bonchev–Trinajstić information content (AvgIpc) is 2.70. The number of phenols is 5. The number of benzene rings is 3. The second-order valence-electron chi connectivity index (χ2n) is 5.91. The lowest BCUT2D eigenvalue weighted by Gasteiger charge is -2.25. The van der Waals surface area contributed by atoms with Crippen LogP contribution < -0.4 is 15.1 Å². The molecule has 3 aromatic carbocycles. The van der Waals surface area contributed by atoms with Gasteiger partial charge in [-0.25, -0.2) is 5.48 Å². The van der Waals surface area contributed by atoms with Gasteiger partial charge in [-0.2, -0.15) is 0 Å². The monoisotopic (exact) mass is 369 g/mol. The molecule has 1 aliphatic heterocycles. The second-order valence-corrected chi connectivity index (χ2v) is 5.91. The van der Waals surface area contributed by atoms with Crippen molar-refractivity contribution in [3.63, 3.8) is 0 Å². The third-order valence-electron chi connectivity index (χ3n) is 4.43. The van der Waals surface area contributed by atoms with E-state index in [2.05, 4.69) is 5.48 Å². The lowest BCUT2D eigenvalue weighted by molar-refractivity contribution is 0.330. The number of methoxy groups -OCH3 is 1. The van der Waals surface area contributed by atoms with Gasteiger partial charge in [-0.3, -0.25) is 0 Å². The predicted molar refractivity (Wildman–Crippen MR) is 96.4 cm³/mol. The van der Waals surface area contributed by atoms with Gasteiger partial charge in [-0.15, -0.1) is 0 Å². The number of nitrogens with one attached hydrogen (secondary N) is 1. The number of rotatable bonds is 2. The van der Waals surface area contributed by atoms with Gasteiger partial charge < -0.3 is 35.1 Å². The molecule has 27 heavy (non-hydrogen) atoms. The van der Waals surface area contributed by atoms with E-state index in [0.29, 0.717) is 33.9 Å². The van der Waals surface area contributed by atoms with Gasteiger partial charge in [0.2, 0.25) is 17.2 Å². The Balaban J connectivity index is 2.07. The lowest BCUT2D eigenvalue weighted by atomic mass is 9.90. The molecule has 0 unspecified atom stereocenters. The Morgan fingerprint density at radius 1 is 0.778 bits per heavy atom. The van der Waals surface area contributed by atoms with Gasteiger partial charge in [0, 0.05) is 11.1 Å². The van der Waals surface area contributed by atoms with Crippen LogP contribution in [0.25, 0.3) is 22.3 Å². The summed E-state index contributed by atoms with van der Waals surface area (Å²) in [6.07, 6.45) is 0. The molecule has 1 aliphatic rings. The van der Waals surface area contributed by atoms with E-state index in [1.54, 1.807) is 36.4 Å². The summed E-state index contributed by atoms with van der Waals surface area (Å²) in [5, 5.41) is 50.1. The maximum atomic E-state index is 10.3. The largest absolute Gasteiger partial charge is 0.504 e. The first-order valence-corrected chi connectivity index (χ1v) is 7.87. The van der Waals surface area contributed by atoms with Gasteiger partial charge in [0.1, 0.15) is 5.75 Å². The van der Waals surface area contributed by atoms with E-state index in [4.69, 9.17) is 9.57 Å². The molecule has 0 fully saturated rings. The van der Waals surface area contributed by atoms with Crippen LogP contribution in [0.5, 0.6) is 40.2 Å². The molecule has 0 amide bonds. The summed E-state index contributed by atoms with van der Waals surface area (Å²) in [4.78, 5) is 5.50. The number of anilines is 1. The third kappa shape index (κ3) is 2.30. The van der Waals surface area contributed by atoms with Crippen molar-refractivity contribution in [3.05, 3.63) is 36.4 Å². The number of aromatic hydroxyl groups is 5. The zero-order valence-corrected chi connectivity index (χ0v) is 14.0. The third-order valence-corrected chi connectivity index (χ3v) is 4.43. The summed E-state index contributed by atoms with van der Waals surface area (Å²) in [6, 6.07) is 10.0. The summed E-state index contributed by atoms with van der Waals surface area (Å²) in [5.41, 5.74) is 4.48. The molecule has 138 valence electrons. The van der Waals surface area contributed by atoms with Crippen molar-refractivity contribution in [1.82, 2.24) is 0 Å². The summed E-state index contributed by atoms with van der Waals surface area (Å²) < 4.78 is 5.25. The van der Waals surface area contributed by atoms with Gasteiger partial charge in [0.15, 0.2) is 17.2 Å². The molecule has 0 atom stereocenters. The first kappa shape index (κ1) is 16.5. The van der Waals surface area contributed by atoms with Gasteiger partial charge in [-0.1, -0.05) is 12.1 Å². The molecule has 0 aliphatic carbocycles. The van der Waals surface area contributed by atoms with E-state index in [0.717, 1.165) is 0 Å². The molecule has 0 bridgehead atoms. The lowest BCUT2D eigenvalue weighted by Crippen LogP contribution is -2.12. The average molecular weight is 369 g/mol. The smallest absolute Gasteiger partial charge is 0.208 e. The van der Waals surface area contributed by atoms with Crippen LogP contribution in [0.4, 0.5) is 5.69 Å². The van der Waals surface area contributed by atoms with Crippen LogP contribution in [0.3, 0.4) is 0 Å². The Bertz CT molecular complexity index is 1050. The molecular formula is C19H15NO7. The fourth-order valence-electron chi connectivity index (χ4n) is 3.11. The fourth-order valence-corrected chi connectivity index (χ4v) is 3.11. The molecule has 0 saturated heterocycles. The minimum atomic E-state index is -1.01. The fraction of sp³-hybridized carbons (Fsp3) is 0.0526. The van der Waals surface area contributed by atoms with E-state index in [1.165, 1.54) is 7.11 Å². The molecule has 0 radical (unpaired) electrons. The van der Waals surface area contributed by atoms with Crippen molar-refractivity contribution in [2.45, 2.75) is 0 Å². The van der Waals surface area contributed by atoms with Crippen molar-refractivity contribution in [2.75, 3.05) is 12.6 Å². The van der Waals surface area contributed by atoms with Crippen molar-refractivity contribution < 1.29 is 35.1 Å². The normalized spacial score (nSPS) is 11.7. The van der Waals surface area contributed by atoms with Crippen LogP contribution in [0.15, 0.2) is 36.4 Å². The molecule has 3 aromatic rings. The highest BCUT2D eigenvalue weighted by Crippen LogP contribution is 2.57. The van der Waals surface area contributed by atoms with E-state index in [9.17, 15) is 25.5 Å². The Hall–Kier alpha value is -3.94. The maximum absolute atomic E-state index is 10.3. The highest BCUT2D eigenvalue weighted by atomic mass is 16.6. The highest BCUT2D eigenvalue weighted by Gasteiger charge is 2.29. The van der Waals surface area contributed by atoms with Crippen molar-refractivity contribution >= 4 is 5.69 Å². The SMILES string of the molecule is COc1ccc2c(c1)-c1c(cccc1-c1c(O)c(O)c(O)c(O)c1O)NO2. The van der Waals surface area contributed by atoms with Gasteiger partial charge in [-0.05, 0) is 29.8 Å². The van der Waals surface area contributed by atoms with Crippen LogP contribution >= 0.6 is 0 Å². The van der Waals surface area contributed by atoms with Crippen LogP contribution in [-0.2, 0) is 0 Å². The van der Waals surface area contributed by atoms with Crippen molar-refractivity contribution in [1.29, 1.82) is 0 Å². The minimum absolute atomic E-state index is 0.239. The van der Waals surface area contributed by atoms with Crippen LogP contribution in [0.2, 0.25) is 0 Å². The van der Waals surface area contributed by atoms with Gasteiger partial charge in [0.25, 0.3) is 0 Å². The second kappa shape index (κ2) is 5.80. The predicted octanol–water partition coefficient (Wildman–Crippen LogP) is 3.28. The maximum Gasteiger partial charge on any atom is 0.208 e. The van der Waals surface area contributed by atoms with E-state index < -0.39 is 28.7 Å². The summed E-state index contributed by atoms with van der Waals surface area (Å²) in [7, 11) is 1.52. The van der Waals surface area contributed by atoms with Gasteiger partial charge >= 0.3 is 0 Å². The summed E-state index contributed by atoms with van der Waals surface area (Å²) in [5.74, 6) is -3.40. The Kier molecular flexibility index (Phi) is 3.55. The highest BCUT2D eigenvalue weighted by molar-refractivity contribution is 5.99.